The van der Waals surface area contributed by atoms with Gasteiger partial charge in [-0.1, -0.05) is 12.1 Å². The van der Waals surface area contributed by atoms with Gasteiger partial charge in [-0.3, -0.25) is 4.79 Å². The summed E-state index contributed by atoms with van der Waals surface area (Å²) < 4.78 is 11.1. The second kappa shape index (κ2) is 6.43. The molecule has 5 heteroatoms. The van der Waals surface area contributed by atoms with Crippen LogP contribution in [0.2, 0.25) is 0 Å². The second-order valence-electron chi connectivity index (χ2n) is 4.62. The predicted octanol–water partition coefficient (Wildman–Crippen LogP) is 1.36. The molecule has 1 amide bonds. The van der Waals surface area contributed by atoms with E-state index in [0.717, 1.165) is 5.56 Å². The standard InChI is InChI=1S/C15H19NO4/c1-3-19-13-6-4-5-11-7-12(9-20-14(11)13)15(18)16-8-10(2)17/h4-7,10,17H,3,8-9H2,1-2H3,(H,16,18). The first kappa shape index (κ1) is 14.4. The number of hydrogen-bond acceptors (Lipinski definition) is 4. The molecule has 2 rings (SSSR count). The van der Waals surface area contributed by atoms with Gasteiger partial charge < -0.3 is 19.9 Å². The van der Waals surface area contributed by atoms with E-state index in [0.29, 0.717) is 23.7 Å². The Morgan fingerprint density at radius 2 is 2.35 bits per heavy atom. The van der Waals surface area contributed by atoms with E-state index in [9.17, 15) is 9.90 Å². The fourth-order valence-corrected chi connectivity index (χ4v) is 1.93. The van der Waals surface area contributed by atoms with E-state index in [1.54, 1.807) is 13.0 Å². The van der Waals surface area contributed by atoms with Gasteiger partial charge in [0.1, 0.15) is 6.61 Å². The number of carbonyl (C=O) groups is 1. The van der Waals surface area contributed by atoms with Gasteiger partial charge in [-0.2, -0.15) is 0 Å². The van der Waals surface area contributed by atoms with Gasteiger partial charge in [-0.25, -0.2) is 0 Å². The molecule has 20 heavy (non-hydrogen) atoms. The molecule has 1 atom stereocenters. The summed E-state index contributed by atoms with van der Waals surface area (Å²) in [5.74, 6) is 1.13. The molecule has 2 N–H and O–H groups in total. The molecule has 5 nitrogen and oxygen atoms in total. The van der Waals surface area contributed by atoms with E-state index >= 15 is 0 Å². The maximum absolute atomic E-state index is 11.9. The van der Waals surface area contributed by atoms with Crippen LogP contribution in [0.4, 0.5) is 0 Å². The van der Waals surface area contributed by atoms with E-state index in [-0.39, 0.29) is 19.1 Å². The molecule has 0 fully saturated rings. The highest BCUT2D eigenvalue weighted by atomic mass is 16.5. The summed E-state index contributed by atoms with van der Waals surface area (Å²) in [6, 6.07) is 5.58. The Hall–Kier alpha value is -2.01. The molecule has 0 aliphatic carbocycles. The lowest BCUT2D eigenvalue weighted by atomic mass is 10.1. The zero-order chi connectivity index (χ0) is 14.5. The molecule has 0 radical (unpaired) electrons. The van der Waals surface area contributed by atoms with Crippen LogP contribution in [0.3, 0.4) is 0 Å². The van der Waals surface area contributed by atoms with Crippen LogP contribution in [-0.2, 0) is 4.79 Å². The lowest BCUT2D eigenvalue weighted by molar-refractivity contribution is -0.118. The number of carbonyl (C=O) groups excluding carboxylic acids is 1. The van der Waals surface area contributed by atoms with Crippen molar-refractivity contribution in [3.8, 4) is 11.5 Å². The lowest BCUT2D eigenvalue weighted by Gasteiger charge is -2.20. The number of ether oxygens (including phenoxy) is 2. The molecular weight excluding hydrogens is 258 g/mol. The summed E-state index contributed by atoms with van der Waals surface area (Å²) in [5, 5.41) is 11.8. The van der Waals surface area contributed by atoms with Crippen LogP contribution in [0, 0.1) is 0 Å². The van der Waals surface area contributed by atoms with Crippen molar-refractivity contribution in [2.24, 2.45) is 0 Å². The van der Waals surface area contributed by atoms with Gasteiger partial charge in [-0.15, -0.1) is 0 Å². The Bertz CT molecular complexity index is 523. The normalized spacial score (nSPS) is 14.7. The molecule has 1 aromatic carbocycles. The quantitative estimate of drug-likeness (QED) is 0.852. The van der Waals surface area contributed by atoms with Crippen LogP contribution < -0.4 is 14.8 Å². The summed E-state index contributed by atoms with van der Waals surface area (Å²) in [5.41, 5.74) is 1.36. The molecule has 0 spiro atoms. The van der Waals surface area contributed by atoms with E-state index in [4.69, 9.17) is 9.47 Å². The van der Waals surface area contributed by atoms with Crippen LogP contribution in [-0.4, -0.2) is 36.9 Å². The van der Waals surface area contributed by atoms with E-state index < -0.39 is 6.10 Å². The Morgan fingerprint density at radius 1 is 1.55 bits per heavy atom. The molecule has 108 valence electrons. The van der Waals surface area contributed by atoms with Crippen LogP contribution in [0.1, 0.15) is 19.4 Å². The van der Waals surface area contributed by atoms with Crippen molar-refractivity contribution in [2.75, 3.05) is 19.8 Å². The molecule has 1 aliphatic rings. The lowest BCUT2D eigenvalue weighted by Crippen LogP contribution is -2.33. The molecule has 1 aromatic rings. The number of para-hydroxylation sites is 1. The fraction of sp³-hybridized carbons (Fsp3) is 0.400. The SMILES string of the molecule is CCOc1cccc2c1OCC(C(=O)NCC(C)O)=C2. The molecule has 0 bridgehead atoms. The molecule has 0 saturated heterocycles. The number of fused-ring (bicyclic) bond motifs is 1. The Morgan fingerprint density at radius 3 is 3.05 bits per heavy atom. The average Bonchev–Trinajstić information content (AvgIpc) is 2.44. The van der Waals surface area contributed by atoms with Crippen molar-refractivity contribution in [1.29, 1.82) is 0 Å². The van der Waals surface area contributed by atoms with Gasteiger partial charge in [-0.05, 0) is 26.0 Å². The zero-order valence-corrected chi connectivity index (χ0v) is 11.7. The number of hydrogen-bond donors (Lipinski definition) is 2. The molecule has 1 heterocycles. The molecular formula is C15H19NO4. The maximum atomic E-state index is 11.9. The minimum atomic E-state index is -0.569. The summed E-state index contributed by atoms with van der Waals surface area (Å²) >= 11 is 0. The van der Waals surface area contributed by atoms with Crippen molar-refractivity contribution in [3.63, 3.8) is 0 Å². The van der Waals surface area contributed by atoms with Crippen molar-refractivity contribution >= 4 is 12.0 Å². The molecule has 1 unspecified atom stereocenters. The highest BCUT2D eigenvalue weighted by molar-refractivity contribution is 5.99. The van der Waals surface area contributed by atoms with E-state index in [1.807, 2.05) is 25.1 Å². The number of benzene rings is 1. The van der Waals surface area contributed by atoms with Crippen LogP contribution in [0.25, 0.3) is 6.08 Å². The highest BCUT2D eigenvalue weighted by Gasteiger charge is 2.20. The Kier molecular flexibility index (Phi) is 4.63. The fourth-order valence-electron chi connectivity index (χ4n) is 1.93. The third-order valence-electron chi connectivity index (χ3n) is 2.86. The summed E-state index contributed by atoms with van der Waals surface area (Å²) in [4.78, 5) is 11.9. The smallest absolute Gasteiger partial charge is 0.250 e. The highest BCUT2D eigenvalue weighted by Crippen LogP contribution is 2.35. The summed E-state index contributed by atoms with van der Waals surface area (Å²) in [6.07, 6.45) is 1.22. The number of amides is 1. The third-order valence-corrected chi connectivity index (χ3v) is 2.86. The Labute approximate surface area is 118 Å². The van der Waals surface area contributed by atoms with Gasteiger partial charge in [0.15, 0.2) is 11.5 Å². The van der Waals surface area contributed by atoms with Crippen molar-refractivity contribution in [1.82, 2.24) is 5.32 Å². The first-order valence-electron chi connectivity index (χ1n) is 6.67. The van der Waals surface area contributed by atoms with E-state index in [2.05, 4.69) is 5.32 Å². The second-order valence-corrected chi connectivity index (χ2v) is 4.62. The number of aliphatic hydroxyl groups excluding tert-OH is 1. The van der Waals surface area contributed by atoms with Crippen molar-refractivity contribution < 1.29 is 19.4 Å². The minimum absolute atomic E-state index is 0.197. The van der Waals surface area contributed by atoms with Crippen LogP contribution >= 0.6 is 0 Å². The molecule has 1 aliphatic heterocycles. The third kappa shape index (κ3) is 3.30. The maximum Gasteiger partial charge on any atom is 0.250 e. The van der Waals surface area contributed by atoms with Gasteiger partial charge >= 0.3 is 0 Å². The van der Waals surface area contributed by atoms with Crippen LogP contribution in [0.5, 0.6) is 11.5 Å². The van der Waals surface area contributed by atoms with Gasteiger partial charge in [0.05, 0.1) is 18.3 Å². The number of rotatable bonds is 5. The predicted molar refractivity (Wildman–Crippen MR) is 75.8 cm³/mol. The van der Waals surface area contributed by atoms with Gasteiger partial charge in [0.25, 0.3) is 5.91 Å². The summed E-state index contributed by atoms with van der Waals surface area (Å²) in [7, 11) is 0. The van der Waals surface area contributed by atoms with Crippen LogP contribution in [0.15, 0.2) is 23.8 Å². The number of nitrogens with one attached hydrogen (secondary N) is 1. The van der Waals surface area contributed by atoms with E-state index in [1.165, 1.54) is 0 Å². The monoisotopic (exact) mass is 277 g/mol. The van der Waals surface area contributed by atoms with Crippen molar-refractivity contribution in [3.05, 3.63) is 29.3 Å². The van der Waals surface area contributed by atoms with Gasteiger partial charge in [0.2, 0.25) is 0 Å². The molecule has 0 saturated carbocycles. The first-order valence-corrected chi connectivity index (χ1v) is 6.67. The average molecular weight is 277 g/mol. The number of aliphatic hydroxyl groups is 1. The molecule has 0 aromatic heterocycles. The summed E-state index contributed by atoms with van der Waals surface area (Å²) in [6.45, 7) is 4.51. The Balaban J connectivity index is 2.16. The first-order chi connectivity index (χ1) is 9.61. The topological polar surface area (TPSA) is 67.8 Å². The zero-order valence-electron chi connectivity index (χ0n) is 11.7. The van der Waals surface area contributed by atoms with Gasteiger partial charge in [0, 0.05) is 12.1 Å². The van der Waals surface area contributed by atoms with Crippen molar-refractivity contribution in [2.45, 2.75) is 20.0 Å². The minimum Gasteiger partial charge on any atom is -0.490 e. The largest absolute Gasteiger partial charge is 0.490 e.